The number of nitrogens with one attached hydrogen (secondary N) is 1. The molecule has 1 aromatic heterocycles. The molecule has 28 heavy (non-hydrogen) atoms. The first kappa shape index (κ1) is 19.2. The van der Waals surface area contributed by atoms with Crippen LogP contribution in [0.5, 0.6) is 5.75 Å². The molecule has 6 heteroatoms. The van der Waals surface area contributed by atoms with Gasteiger partial charge in [-0.25, -0.2) is 0 Å². The van der Waals surface area contributed by atoms with Crippen LogP contribution in [-0.4, -0.2) is 17.7 Å². The number of hydrogen-bond acceptors (Lipinski definition) is 4. The van der Waals surface area contributed by atoms with Crippen molar-refractivity contribution in [1.29, 1.82) is 0 Å². The third-order valence-electron chi connectivity index (χ3n) is 4.31. The van der Waals surface area contributed by atoms with Gasteiger partial charge in [0.15, 0.2) is 0 Å². The maximum Gasteiger partial charge on any atom is 0.295 e. The van der Waals surface area contributed by atoms with Crippen molar-refractivity contribution < 1.29 is 14.4 Å². The number of methoxy groups -OCH3 is 1. The second-order valence-corrected chi connectivity index (χ2v) is 6.18. The quantitative estimate of drug-likeness (QED) is 0.685. The lowest BCUT2D eigenvalue weighted by Crippen LogP contribution is -2.32. The van der Waals surface area contributed by atoms with Crippen molar-refractivity contribution in [2.24, 2.45) is 0 Å². The molecular formula is C22H22N2O4. The summed E-state index contributed by atoms with van der Waals surface area (Å²) < 4.78 is 6.18. The predicted molar refractivity (Wildman–Crippen MR) is 108 cm³/mol. The third kappa shape index (κ3) is 4.59. The molecule has 0 saturated carbocycles. The Morgan fingerprint density at radius 2 is 1.68 bits per heavy atom. The van der Waals surface area contributed by atoms with E-state index in [2.05, 4.69) is 12.2 Å². The molecule has 0 aliphatic heterocycles. The zero-order valence-corrected chi connectivity index (χ0v) is 15.8. The summed E-state index contributed by atoms with van der Waals surface area (Å²) in [5.41, 5.74) is 2.18. The lowest BCUT2D eigenvalue weighted by atomic mass is 10.1. The Kier molecular flexibility index (Phi) is 6.11. The van der Waals surface area contributed by atoms with Crippen molar-refractivity contribution in [1.82, 2.24) is 4.73 Å². The Morgan fingerprint density at radius 1 is 1.00 bits per heavy atom. The number of ether oxygens (including phenoxy) is 1. The Morgan fingerprint density at radius 3 is 2.32 bits per heavy atom. The number of carbonyl (C=O) groups is 1. The molecule has 1 amide bonds. The fourth-order valence-corrected chi connectivity index (χ4v) is 2.64. The average molecular weight is 378 g/mol. The van der Waals surface area contributed by atoms with E-state index < -0.39 is 11.5 Å². The zero-order chi connectivity index (χ0) is 19.9. The number of benzene rings is 2. The molecule has 0 unspecified atom stereocenters. The van der Waals surface area contributed by atoms with Crippen molar-refractivity contribution in [2.75, 3.05) is 12.4 Å². The molecule has 0 atom stereocenters. The van der Waals surface area contributed by atoms with Gasteiger partial charge in [-0.05, 0) is 53.9 Å². The minimum absolute atomic E-state index is 0.0109. The van der Waals surface area contributed by atoms with Crippen LogP contribution in [0.2, 0.25) is 0 Å². The fraction of sp³-hybridized carbons (Fsp3) is 0.182. The van der Waals surface area contributed by atoms with Gasteiger partial charge in [0.2, 0.25) is 0 Å². The van der Waals surface area contributed by atoms with Gasteiger partial charge < -0.3 is 14.9 Å². The second kappa shape index (κ2) is 8.90. The Bertz CT molecular complexity index is 992. The van der Waals surface area contributed by atoms with Crippen LogP contribution in [0, 0.1) is 0 Å². The topological polar surface area (TPSA) is 69.6 Å². The number of rotatable bonds is 7. The van der Waals surface area contributed by atoms with Crippen LogP contribution in [0.1, 0.15) is 28.4 Å². The van der Waals surface area contributed by atoms with Crippen LogP contribution in [0.4, 0.5) is 5.69 Å². The van der Waals surface area contributed by atoms with Crippen LogP contribution in [0.15, 0.2) is 71.7 Å². The van der Waals surface area contributed by atoms with E-state index in [1.165, 1.54) is 17.8 Å². The van der Waals surface area contributed by atoms with Crippen molar-refractivity contribution in [3.63, 3.8) is 0 Å². The van der Waals surface area contributed by atoms with E-state index in [9.17, 15) is 9.59 Å². The highest BCUT2D eigenvalue weighted by atomic mass is 16.7. The first-order chi connectivity index (χ1) is 13.6. The van der Waals surface area contributed by atoms with Gasteiger partial charge in [-0.2, -0.15) is 4.73 Å². The van der Waals surface area contributed by atoms with Crippen LogP contribution in [0.3, 0.4) is 0 Å². The van der Waals surface area contributed by atoms with Gasteiger partial charge in [0.1, 0.15) is 17.9 Å². The maximum absolute atomic E-state index is 12.6. The highest BCUT2D eigenvalue weighted by molar-refractivity contribution is 6.03. The molecule has 6 nitrogen and oxygen atoms in total. The fourth-order valence-electron chi connectivity index (χ4n) is 2.64. The first-order valence-electron chi connectivity index (χ1n) is 8.99. The number of nitrogens with zero attached hydrogens (tertiary/aromatic N) is 1. The van der Waals surface area contributed by atoms with E-state index in [0.717, 1.165) is 22.5 Å². The van der Waals surface area contributed by atoms with Gasteiger partial charge in [-0.1, -0.05) is 31.2 Å². The molecule has 1 heterocycles. The summed E-state index contributed by atoms with van der Waals surface area (Å²) in [4.78, 5) is 30.6. The standard InChI is InChI=1S/C22H22N2O4/c1-3-16-6-10-18(11-7-16)23-21(25)20-5-4-14-24(22(20)26)28-15-17-8-12-19(27-2)13-9-17/h4-14H,3,15H2,1-2H3,(H,23,25). The molecule has 0 spiro atoms. The van der Waals surface area contributed by atoms with Crippen molar-refractivity contribution in [2.45, 2.75) is 20.0 Å². The van der Waals surface area contributed by atoms with E-state index in [-0.39, 0.29) is 12.2 Å². The molecule has 3 rings (SSSR count). The number of aryl methyl sites for hydroxylation is 1. The Balaban J connectivity index is 1.70. The molecule has 3 aromatic rings. The predicted octanol–water partition coefficient (Wildman–Crippen LogP) is 3.30. The highest BCUT2D eigenvalue weighted by Crippen LogP contribution is 2.12. The number of hydrogen-bond donors (Lipinski definition) is 1. The van der Waals surface area contributed by atoms with Gasteiger partial charge in [0.05, 0.1) is 7.11 Å². The summed E-state index contributed by atoms with van der Waals surface area (Å²) >= 11 is 0. The first-order valence-corrected chi connectivity index (χ1v) is 8.99. The van der Waals surface area contributed by atoms with Crippen molar-refractivity contribution in [3.05, 3.63) is 93.9 Å². The number of aromatic nitrogens is 1. The van der Waals surface area contributed by atoms with Crippen molar-refractivity contribution in [3.8, 4) is 5.75 Å². The summed E-state index contributed by atoms with van der Waals surface area (Å²) in [5.74, 6) is 0.267. The summed E-state index contributed by atoms with van der Waals surface area (Å²) in [6, 6.07) is 17.9. The normalized spacial score (nSPS) is 10.4. The van der Waals surface area contributed by atoms with Gasteiger partial charge in [-0.3, -0.25) is 9.59 Å². The average Bonchev–Trinajstić information content (AvgIpc) is 2.74. The van der Waals surface area contributed by atoms with Crippen LogP contribution >= 0.6 is 0 Å². The van der Waals surface area contributed by atoms with Crippen molar-refractivity contribution >= 4 is 11.6 Å². The van der Waals surface area contributed by atoms with Crippen LogP contribution in [-0.2, 0) is 13.0 Å². The number of amides is 1. The maximum atomic E-state index is 12.6. The smallest absolute Gasteiger partial charge is 0.295 e. The molecule has 0 bridgehead atoms. The number of anilines is 1. The van der Waals surface area contributed by atoms with E-state index >= 15 is 0 Å². The SMILES string of the molecule is CCc1ccc(NC(=O)c2cccn(OCc3ccc(OC)cc3)c2=O)cc1. The molecular weight excluding hydrogens is 356 g/mol. The molecule has 1 N–H and O–H groups in total. The van der Waals surface area contributed by atoms with E-state index in [1.54, 1.807) is 13.2 Å². The minimum atomic E-state index is -0.515. The van der Waals surface area contributed by atoms with E-state index in [1.807, 2.05) is 48.5 Å². The van der Waals surface area contributed by atoms with Gasteiger partial charge in [0.25, 0.3) is 11.5 Å². The second-order valence-electron chi connectivity index (χ2n) is 6.18. The van der Waals surface area contributed by atoms with Gasteiger partial charge in [-0.15, -0.1) is 0 Å². The van der Waals surface area contributed by atoms with E-state index in [4.69, 9.17) is 9.57 Å². The van der Waals surface area contributed by atoms with Gasteiger partial charge in [0, 0.05) is 11.9 Å². The van der Waals surface area contributed by atoms with E-state index in [0.29, 0.717) is 5.69 Å². The molecule has 0 radical (unpaired) electrons. The zero-order valence-electron chi connectivity index (χ0n) is 15.8. The largest absolute Gasteiger partial charge is 0.497 e. The minimum Gasteiger partial charge on any atom is -0.497 e. The third-order valence-corrected chi connectivity index (χ3v) is 4.31. The van der Waals surface area contributed by atoms with Crippen LogP contribution in [0.25, 0.3) is 0 Å². The Hall–Kier alpha value is -3.54. The monoisotopic (exact) mass is 378 g/mol. The lowest BCUT2D eigenvalue weighted by Gasteiger charge is -2.11. The molecule has 0 aliphatic rings. The summed E-state index contributed by atoms with van der Waals surface area (Å²) in [7, 11) is 1.60. The number of carbonyl (C=O) groups excluding carboxylic acids is 1. The highest BCUT2D eigenvalue weighted by Gasteiger charge is 2.13. The molecule has 2 aromatic carbocycles. The summed E-state index contributed by atoms with van der Waals surface area (Å²) in [6.45, 7) is 2.25. The Labute approximate surface area is 163 Å². The molecule has 0 saturated heterocycles. The number of pyridine rings is 1. The van der Waals surface area contributed by atoms with Gasteiger partial charge >= 0.3 is 0 Å². The summed E-state index contributed by atoms with van der Waals surface area (Å²) in [5, 5.41) is 2.74. The molecule has 0 aliphatic carbocycles. The lowest BCUT2D eigenvalue weighted by molar-refractivity contribution is 0.0863. The van der Waals surface area contributed by atoms with Crippen LogP contribution < -0.4 is 20.5 Å². The molecule has 144 valence electrons. The summed E-state index contributed by atoms with van der Waals surface area (Å²) in [6.07, 6.45) is 2.40. The molecule has 0 fully saturated rings.